The number of methoxy groups -OCH3 is 1. The van der Waals surface area contributed by atoms with E-state index in [4.69, 9.17) is 22.1 Å². The molecule has 0 spiro atoms. The lowest BCUT2D eigenvalue weighted by Gasteiger charge is -2.14. The Morgan fingerprint density at radius 1 is 1.14 bits per heavy atom. The number of carbonyl (C=O) groups excluding carboxylic acids is 1. The Balaban J connectivity index is 1.67. The number of rotatable bonds is 6. The summed E-state index contributed by atoms with van der Waals surface area (Å²) in [4.78, 5) is 14.9. The fraction of sp³-hybridized carbons (Fsp3) is 0.158. The molecule has 28 heavy (non-hydrogen) atoms. The first-order valence-electron chi connectivity index (χ1n) is 8.29. The number of nitrogens with two attached hydrogens (primary N) is 1. The van der Waals surface area contributed by atoms with Gasteiger partial charge in [0.25, 0.3) is 5.91 Å². The van der Waals surface area contributed by atoms with Crippen LogP contribution in [-0.2, 0) is 21.2 Å². The average molecular weight is 435 g/mol. The zero-order valence-electron chi connectivity index (χ0n) is 15.0. The molecule has 2 aromatic carbocycles. The molecule has 1 aliphatic rings. The van der Waals surface area contributed by atoms with E-state index < -0.39 is 10.0 Å². The van der Waals surface area contributed by atoms with Gasteiger partial charge in [-0.2, -0.15) is 0 Å². The third-order valence-corrected chi connectivity index (χ3v) is 6.47. The number of thiocarbonyl (C=S) groups is 1. The lowest BCUT2D eigenvalue weighted by Crippen LogP contribution is -2.30. The molecule has 0 atom stereocenters. The number of amides is 1. The van der Waals surface area contributed by atoms with Crippen LogP contribution in [0.4, 0.5) is 0 Å². The van der Waals surface area contributed by atoms with Crippen molar-refractivity contribution in [2.24, 2.45) is 5.14 Å². The number of thioether (sulfide) groups is 1. The van der Waals surface area contributed by atoms with Crippen LogP contribution in [0.1, 0.15) is 11.1 Å². The molecule has 1 heterocycles. The monoisotopic (exact) mass is 434 g/mol. The van der Waals surface area contributed by atoms with Crippen LogP contribution in [0.3, 0.4) is 0 Å². The van der Waals surface area contributed by atoms with Crippen molar-refractivity contribution in [2.75, 3.05) is 13.7 Å². The predicted octanol–water partition coefficient (Wildman–Crippen LogP) is 2.79. The average Bonchev–Trinajstić information content (AvgIpc) is 2.93. The van der Waals surface area contributed by atoms with Gasteiger partial charge in [0.2, 0.25) is 10.0 Å². The van der Waals surface area contributed by atoms with Crippen molar-refractivity contribution in [1.82, 2.24) is 4.90 Å². The third-order valence-electron chi connectivity index (χ3n) is 4.16. The Bertz CT molecular complexity index is 1030. The molecule has 0 aliphatic carbocycles. The van der Waals surface area contributed by atoms with Gasteiger partial charge in [0.15, 0.2) is 0 Å². The van der Waals surface area contributed by atoms with Crippen LogP contribution in [0.15, 0.2) is 58.3 Å². The van der Waals surface area contributed by atoms with Crippen molar-refractivity contribution in [2.45, 2.75) is 11.3 Å². The highest BCUT2D eigenvalue weighted by Gasteiger charge is 2.31. The fourth-order valence-corrected chi connectivity index (χ4v) is 4.45. The van der Waals surface area contributed by atoms with Crippen LogP contribution < -0.4 is 9.88 Å². The molecular formula is C19H18N2O4S3. The van der Waals surface area contributed by atoms with Gasteiger partial charge in [0.05, 0.1) is 16.9 Å². The second-order valence-corrected chi connectivity index (χ2v) is 9.28. The molecule has 146 valence electrons. The molecule has 1 fully saturated rings. The number of hydrogen-bond acceptors (Lipinski definition) is 6. The summed E-state index contributed by atoms with van der Waals surface area (Å²) in [5.41, 5.74) is 1.78. The topological polar surface area (TPSA) is 89.7 Å². The van der Waals surface area contributed by atoms with E-state index in [1.165, 1.54) is 23.9 Å². The minimum absolute atomic E-state index is 0.0595. The summed E-state index contributed by atoms with van der Waals surface area (Å²) in [6, 6.07) is 13.7. The van der Waals surface area contributed by atoms with Gasteiger partial charge in [-0.1, -0.05) is 48.2 Å². The molecule has 0 unspecified atom stereocenters. The predicted molar refractivity (Wildman–Crippen MR) is 114 cm³/mol. The summed E-state index contributed by atoms with van der Waals surface area (Å²) in [6.45, 7) is 0.416. The van der Waals surface area contributed by atoms with Crippen molar-refractivity contribution in [3.05, 3.63) is 64.6 Å². The van der Waals surface area contributed by atoms with Crippen molar-refractivity contribution >= 4 is 50.3 Å². The summed E-state index contributed by atoms with van der Waals surface area (Å²) in [7, 11) is -2.11. The van der Waals surface area contributed by atoms with E-state index >= 15 is 0 Å². The Morgan fingerprint density at radius 2 is 1.79 bits per heavy atom. The third kappa shape index (κ3) is 4.79. The maximum atomic E-state index is 12.7. The highest BCUT2D eigenvalue weighted by Crippen LogP contribution is 2.32. The van der Waals surface area contributed by atoms with E-state index in [1.807, 2.05) is 24.3 Å². The Kier molecular flexibility index (Phi) is 6.19. The minimum Gasteiger partial charge on any atom is -0.497 e. The number of ether oxygens (including phenoxy) is 1. The van der Waals surface area contributed by atoms with Gasteiger partial charge in [-0.05, 0) is 47.9 Å². The number of carbonyl (C=O) groups is 1. The molecule has 6 nitrogen and oxygen atoms in total. The van der Waals surface area contributed by atoms with E-state index in [0.29, 0.717) is 22.2 Å². The summed E-state index contributed by atoms with van der Waals surface area (Å²) < 4.78 is 28.3. The largest absolute Gasteiger partial charge is 0.497 e. The van der Waals surface area contributed by atoms with Crippen LogP contribution in [0.2, 0.25) is 0 Å². The number of hydrogen-bond donors (Lipinski definition) is 1. The number of benzene rings is 2. The van der Waals surface area contributed by atoms with Gasteiger partial charge in [0.1, 0.15) is 10.1 Å². The van der Waals surface area contributed by atoms with Gasteiger partial charge in [-0.15, -0.1) is 0 Å². The molecule has 1 amide bonds. The molecule has 9 heteroatoms. The molecule has 1 saturated heterocycles. The summed E-state index contributed by atoms with van der Waals surface area (Å²) in [5, 5.41) is 5.10. The Labute approximate surface area is 173 Å². The van der Waals surface area contributed by atoms with E-state index in [-0.39, 0.29) is 10.8 Å². The summed E-state index contributed by atoms with van der Waals surface area (Å²) in [5.74, 6) is 0.616. The molecule has 0 radical (unpaired) electrons. The molecule has 2 N–H and O–H groups in total. The van der Waals surface area contributed by atoms with Gasteiger partial charge >= 0.3 is 0 Å². The maximum Gasteiger partial charge on any atom is 0.266 e. The van der Waals surface area contributed by atoms with Crippen LogP contribution in [0.5, 0.6) is 5.75 Å². The van der Waals surface area contributed by atoms with Crippen molar-refractivity contribution < 1.29 is 17.9 Å². The second-order valence-electron chi connectivity index (χ2n) is 6.05. The van der Waals surface area contributed by atoms with Crippen molar-refractivity contribution in [3.8, 4) is 5.75 Å². The zero-order valence-corrected chi connectivity index (χ0v) is 17.4. The molecular weight excluding hydrogens is 416 g/mol. The lowest BCUT2D eigenvalue weighted by molar-refractivity contribution is -0.122. The number of nitrogens with zero attached hydrogens (tertiary/aromatic N) is 1. The van der Waals surface area contributed by atoms with E-state index in [9.17, 15) is 13.2 Å². The maximum absolute atomic E-state index is 12.7. The normalized spacial score (nSPS) is 16.1. The SMILES string of the molecule is COc1ccc(/C=C2\SC(=S)N(CCc3ccc(S(N)(=O)=O)cc3)C2=O)cc1. The molecule has 3 rings (SSSR count). The molecule has 0 aromatic heterocycles. The highest BCUT2D eigenvalue weighted by atomic mass is 32.2. The highest BCUT2D eigenvalue weighted by molar-refractivity contribution is 8.26. The zero-order chi connectivity index (χ0) is 20.3. The first-order valence-corrected chi connectivity index (χ1v) is 11.1. The van der Waals surface area contributed by atoms with Crippen molar-refractivity contribution in [1.29, 1.82) is 0 Å². The van der Waals surface area contributed by atoms with Crippen LogP contribution >= 0.6 is 24.0 Å². The Hall–Kier alpha value is -2.20. The Morgan fingerprint density at radius 3 is 2.36 bits per heavy atom. The first-order chi connectivity index (χ1) is 13.3. The van der Waals surface area contributed by atoms with E-state index in [0.717, 1.165) is 16.9 Å². The fourth-order valence-electron chi connectivity index (χ4n) is 2.63. The quantitative estimate of drug-likeness (QED) is 0.555. The van der Waals surface area contributed by atoms with Gasteiger partial charge in [-0.25, -0.2) is 13.6 Å². The van der Waals surface area contributed by atoms with Gasteiger partial charge in [0, 0.05) is 6.54 Å². The smallest absolute Gasteiger partial charge is 0.266 e. The number of sulfonamides is 1. The van der Waals surface area contributed by atoms with Crippen LogP contribution in [0.25, 0.3) is 6.08 Å². The second kappa shape index (κ2) is 8.44. The molecule has 0 bridgehead atoms. The number of primary sulfonamides is 1. The summed E-state index contributed by atoms with van der Waals surface area (Å²) >= 11 is 6.62. The van der Waals surface area contributed by atoms with E-state index in [2.05, 4.69) is 0 Å². The van der Waals surface area contributed by atoms with Crippen LogP contribution in [-0.4, -0.2) is 37.2 Å². The van der Waals surface area contributed by atoms with Crippen molar-refractivity contribution in [3.63, 3.8) is 0 Å². The minimum atomic E-state index is -3.71. The van der Waals surface area contributed by atoms with Crippen LogP contribution in [0, 0.1) is 0 Å². The molecule has 0 saturated carbocycles. The van der Waals surface area contributed by atoms with Gasteiger partial charge < -0.3 is 4.74 Å². The standard InChI is InChI=1S/C19H18N2O4S3/c1-25-15-6-2-14(3-7-15)12-17-18(22)21(19(26)27-17)11-10-13-4-8-16(9-5-13)28(20,23)24/h2-9,12H,10-11H2,1H3,(H2,20,23,24)/b17-12-. The summed E-state index contributed by atoms with van der Waals surface area (Å²) in [6.07, 6.45) is 2.35. The van der Waals surface area contributed by atoms with Gasteiger partial charge in [-0.3, -0.25) is 9.69 Å². The lowest BCUT2D eigenvalue weighted by atomic mass is 10.1. The molecule has 2 aromatic rings. The first kappa shape index (κ1) is 20.5. The molecule has 1 aliphatic heterocycles. The van der Waals surface area contributed by atoms with E-state index in [1.54, 1.807) is 30.2 Å².